The van der Waals surface area contributed by atoms with Gasteiger partial charge >= 0.3 is 6.03 Å². The predicted octanol–water partition coefficient (Wildman–Crippen LogP) is 3.71. The number of benzene rings is 2. The Labute approximate surface area is 138 Å². The van der Waals surface area contributed by atoms with Gasteiger partial charge in [-0.15, -0.1) is 0 Å². The van der Waals surface area contributed by atoms with E-state index in [1.54, 1.807) is 54.6 Å². The molecule has 0 atom stereocenters. The van der Waals surface area contributed by atoms with Crippen LogP contribution in [-0.4, -0.2) is 19.0 Å². The van der Waals surface area contributed by atoms with E-state index in [0.717, 1.165) is 5.56 Å². The third-order valence-corrected chi connectivity index (χ3v) is 3.11. The molecule has 3 amide bonds. The molecule has 2 N–H and O–H groups in total. The normalized spacial score (nSPS) is 10.3. The predicted molar refractivity (Wildman–Crippen MR) is 90.6 cm³/mol. The highest BCUT2D eigenvalue weighted by Crippen LogP contribution is 2.16. The van der Waals surface area contributed by atoms with E-state index in [0.29, 0.717) is 16.5 Å². The van der Waals surface area contributed by atoms with Gasteiger partial charge in [0.1, 0.15) is 5.75 Å². The van der Waals surface area contributed by atoms with Crippen LogP contribution in [0, 0.1) is 0 Å². The van der Waals surface area contributed by atoms with Crippen LogP contribution in [0.3, 0.4) is 0 Å². The second-order valence-corrected chi connectivity index (χ2v) is 5.00. The van der Waals surface area contributed by atoms with E-state index in [9.17, 15) is 9.59 Å². The number of carbonyl (C=O) groups is 2. The summed E-state index contributed by atoms with van der Waals surface area (Å²) in [6, 6.07) is 13.2. The van der Waals surface area contributed by atoms with E-state index in [2.05, 4.69) is 10.6 Å². The first-order valence-electron chi connectivity index (χ1n) is 6.76. The number of nitrogens with one attached hydrogen (secondary N) is 2. The first-order chi connectivity index (χ1) is 11.1. The Kier molecular flexibility index (Phi) is 5.77. The smallest absolute Gasteiger partial charge is 0.326 e. The molecule has 0 aliphatic carbocycles. The van der Waals surface area contributed by atoms with Crippen molar-refractivity contribution in [2.75, 3.05) is 12.4 Å². The zero-order valence-corrected chi connectivity index (χ0v) is 13.1. The number of urea groups is 1. The monoisotopic (exact) mass is 330 g/mol. The zero-order valence-electron chi connectivity index (χ0n) is 12.4. The average molecular weight is 331 g/mol. The van der Waals surface area contributed by atoms with Gasteiger partial charge in [0.15, 0.2) is 0 Å². The molecule has 5 nitrogen and oxygen atoms in total. The summed E-state index contributed by atoms with van der Waals surface area (Å²) in [6.07, 6.45) is 2.86. The lowest BCUT2D eigenvalue weighted by atomic mass is 10.2. The Bertz CT molecular complexity index is 727. The lowest BCUT2D eigenvalue weighted by Crippen LogP contribution is -2.33. The number of ether oxygens (including phenoxy) is 1. The number of rotatable bonds is 4. The van der Waals surface area contributed by atoms with Crippen molar-refractivity contribution >= 4 is 35.3 Å². The molecule has 0 saturated carbocycles. The van der Waals surface area contributed by atoms with Crippen molar-refractivity contribution in [3.8, 4) is 5.75 Å². The SMILES string of the molecule is COc1cccc(NC(=O)NC(=O)/C=C/c2ccc(Cl)cc2)c1. The highest BCUT2D eigenvalue weighted by atomic mass is 35.5. The molecule has 118 valence electrons. The summed E-state index contributed by atoms with van der Waals surface area (Å²) < 4.78 is 5.05. The quantitative estimate of drug-likeness (QED) is 0.840. The van der Waals surface area contributed by atoms with Crippen molar-refractivity contribution in [2.45, 2.75) is 0 Å². The fraction of sp³-hybridized carbons (Fsp3) is 0.0588. The molecule has 0 heterocycles. The van der Waals surface area contributed by atoms with Crippen molar-refractivity contribution in [2.24, 2.45) is 0 Å². The molecule has 0 unspecified atom stereocenters. The van der Waals surface area contributed by atoms with Gasteiger partial charge in [-0.25, -0.2) is 4.79 Å². The molecule has 0 aromatic heterocycles. The van der Waals surface area contributed by atoms with Gasteiger partial charge in [-0.3, -0.25) is 10.1 Å². The maximum Gasteiger partial charge on any atom is 0.326 e. The Morgan fingerprint density at radius 3 is 2.57 bits per heavy atom. The second kappa shape index (κ2) is 8.00. The molecule has 6 heteroatoms. The molecular weight excluding hydrogens is 316 g/mol. The number of imide groups is 1. The lowest BCUT2D eigenvalue weighted by molar-refractivity contribution is -0.115. The fourth-order valence-electron chi connectivity index (χ4n) is 1.76. The maximum absolute atomic E-state index is 11.7. The van der Waals surface area contributed by atoms with Gasteiger partial charge in [-0.2, -0.15) is 0 Å². The zero-order chi connectivity index (χ0) is 16.7. The molecule has 0 saturated heterocycles. The molecule has 0 fully saturated rings. The molecule has 0 bridgehead atoms. The van der Waals surface area contributed by atoms with Gasteiger partial charge in [0.25, 0.3) is 5.91 Å². The number of carbonyl (C=O) groups excluding carboxylic acids is 2. The summed E-state index contributed by atoms with van der Waals surface area (Å²) in [5.41, 5.74) is 1.33. The van der Waals surface area contributed by atoms with Crippen LogP contribution in [0.2, 0.25) is 5.02 Å². The third-order valence-electron chi connectivity index (χ3n) is 2.86. The van der Waals surface area contributed by atoms with Gasteiger partial charge in [-0.1, -0.05) is 29.8 Å². The van der Waals surface area contributed by atoms with E-state index in [-0.39, 0.29) is 0 Å². The molecule has 2 rings (SSSR count). The number of methoxy groups -OCH3 is 1. The number of anilines is 1. The Balaban J connectivity index is 1.89. The Morgan fingerprint density at radius 2 is 1.87 bits per heavy atom. The first-order valence-corrected chi connectivity index (χ1v) is 7.14. The Hall–Kier alpha value is -2.79. The minimum absolute atomic E-state index is 0.524. The summed E-state index contributed by atoms with van der Waals surface area (Å²) in [5.74, 6) is 0.0807. The van der Waals surface area contributed by atoms with Gasteiger partial charge in [-0.05, 0) is 35.9 Å². The minimum Gasteiger partial charge on any atom is -0.497 e. The van der Waals surface area contributed by atoms with Crippen molar-refractivity contribution in [1.82, 2.24) is 5.32 Å². The lowest BCUT2D eigenvalue weighted by Gasteiger charge is -2.06. The molecule has 2 aromatic carbocycles. The van der Waals surface area contributed by atoms with E-state index in [4.69, 9.17) is 16.3 Å². The topological polar surface area (TPSA) is 67.4 Å². The summed E-state index contributed by atoms with van der Waals surface area (Å²) >= 11 is 5.78. The van der Waals surface area contributed by atoms with Crippen LogP contribution in [-0.2, 0) is 4.79 Å². The third kappa shape index (κ3) is 5.48. The summed E-state index contributed by atoms with van der Waals surface area (Å²) in [6.45, 7) is 0. The highest BCUT2D eigenvalue weighted by molar-refractivity contribution is 6.30. The highest BCUT2D eigenvalue weighted by Gasteiger charge is 2.05. The molecule has 0 aliphatic heterocycles. The van der Waals surface area contributed by atoms with Crippen molar-refractivity contribution < 1.29 is 14.3 Å². The minimum atomic E-state index is -0.621. The van der Waals surface area contributed by atoms with Crippen LogP contribution in [0.5, 0.6) is 5.75 Å². The summed E-state index contributed by atoms with van der Waals surface area (Å²) in [4.78, 5) is 23.4. The standard InChI is InChI=1S/C17H15ClN2O3/c1-23-15-4-2-3-14(11-15)19-17(22)20-16(21)10-7-12-5-8-13(18)9-6-12/h2-11H,1H3,(H2,19,20,21,22)/b10-7+. The first kappa shape index (κ1) is 16.6. The summed E-state index contributed by atoms with van der Waals surface area (Å²) in [7, 11) is 1.53. The summed E-state index contributed by atoms with van der Waals surface area (Å²) in [5, 5.41) is 5.37. The molecule has 23 heavy (non-hydrogen) atoms. The molecule has 0 spiro atoms. The van der Waals surface area contributed by atoms with E-state index >= 15 is 0 Å². The van der Waals surface area contributed by atoms with Gasteiger partial charge in [0, 0.05) is 22.9 Å². The van der Waals surface area contributed by atoms with Crippen LogP contribution < -0.4 is 15.4 Å². The van der Waals surface area contributed by atoms with E-state index in [1.807, 2.05) is 0 Å². The van der Waals surface area contributed by atoms with E-state index < -0.39 is 11.9 Å². The van der Waals surface area contributed by atoms with Crippen LogP contribution in [0.1, 0.15) is 5.56 Å². The molecule has 0 aliphatic rings. The van der Waals surface area contributed by atoms with Gasteiger partial charge < -0.3 is 10.1 Å². The second-order valence-electron chi connectivity index (χ2n) is 4.56. The molecular formula is C17H15ClN2O3. The van der Waals surface area contributed by atoms with Crippen molar-refractivity contribution in [3.05, 3.63) is 65.2 Å². The van der Waals surface area contributed by atoms with Gasteiger partial charge in [0.2, 0.25) is 0 Å². The number of hydrogen-bond acceptors (Lipinski definition) is 3. The number of amides is 3. The maximum atomic E-state index is 11.7. The number of hydrogen-bond donors (Lipinski definition) is 2. The van der Waals surface area contributed by atoms with E-state index in [1.165, 1.54) is 13.2 Å². The van der Waals surface area contributed by atoms with Crippen LogP contribution in [0.25, 0.3) is 6.08 Å². The van der Waals surface area contributed by atoms with Gasteiger partial charge in [0.05, 0.1) is 7.11 Å². The Morgan fingerprint density at radius 1 is 1.13 bits per heavy atom. The van der Waals surface area contributed by atoms with Crippen molar-refractivity contribution in [1.29, 1.82) is 0 Å². The van der Waals surface area contributed by atoms with Crippen LogP contribution >= 0.6 is 11.6 Å². The average Bonchev–Trinajstić information content (AvgIpc) is 2.54. The van der Waals surface area contributed by atoms with Crippen LogP contribution in [0.15, 0.2) is 54.6 Å². The largest absolute Gasteiger partial charge is 0.497 e. The van der Waals surface area contributed by atoms with Crippen molar-refractivity contribution in [3.63, 3.8) is 0 Å². The fourth-order valence-corrected chi connectivity index (χ4v) is 1.89. The molecule has 2 aromatic rings. The van der Waals surface area contributed by atoms with Crippen LogP contribution in [0.4, 0.5) is 10.5 Å². The number of halogens is 1. The molecule has 0 radical (unpaired) electrons.